The van der Waals surface area contributed by atoms with Crippen molar-refractivity contribution in [2.24, 2.45) is 0 Å². The lowest BCUT2D eigenvalue weighted by atomic mass is 10.1. The number of aliphatic carboxylic acids is 1. The second-order valence-corrected chi connectivity index (χ2v) is 6.66. The lowest BCUT2D eigenvalue weighted by Gasteiger charge is -2.29. The summed E-state index contributed by atoms with van der Waals surface area (Å²) in [6, 6.07) is 5.26. The van der Waals surface area contributed by atoms with Crippen LogP contribution in [0.5, 0.6) is 5.75 Å². The number of carboxylic acids is 1. The van der Waals surface area contributed by atoms with Crippen LogP contribution in [0.2, 0.25) is 0 Å². The Hall–Kier alpha value is -2.64. The number of carboxylic acid groups (broad SMARTS) is 1. The first-order valence-corrected chi connectivity index (χ1v) is 8.98. The zero-order valence-corrected chi connectivity index (χ0v) is 15.6. The highest BCUT2D eigenvalue weighted by atomic mass is 19.1. The minimum atomic E-state index is -1.05. The molecule has 7 nitrogen and oxygen atoms in total. The van der Waals surface area contributed by atoms with Crippen LogP contribution in [0.25, 0.3) is 0 Å². The van der Waals surface area contributed by atoms with Crippen molar-refractivity contribution in [1.29, 1.82) is 0 Å². The molecular formula is C19H25FN2O5. The van der Waals surface area contributed by atoms with Crippen LogP contribution >= 0.6 is 0 Å². The van der Waals surface area contributed by atoms with E-state index in [1.807, 2.05) is 0 Å². The van der Waals surface area contributed by atoms with E-state index in [-0.39, 0.29) is 30.2 Å². The fraction of sp³-hybridized carbons (Fsp3) is 0.526. The van der Waals surface area contributed by atoms with Crippen molar-refractivity contribution < 1.29 is 28.6 Å². The average molecular weight is 380 g/mol. The first-order chi connectivity index (χ1) is 12.8. The third kappa shape index (κ3) is 5.94. The number of amides is 2. The molecule has 0 radical (unpaired) electrons. The van der Waals surface area contributed by atoms with Gasteiger partial charge in [-0.05, 0) is 50.5 Å². The highest BCUT2D eigenvalue weighted by Crippen LogP contribution is 2.19. The normalized spacial score (nSPS) is 18.3. The van der Waals surface area contributed by atoms with Crippen LogP contribution in [-0.2, 0) is 14.4 Å². The Balaban J connectivity index is 1.95. The Bertz CT molecular complexity index is 679. The molecule has 2 atom stereocenters. The van der Waals surface area contributed by atoms with E-state index in [9.17, 15) is 18.8 Å². The molecule has 0 saturated carbocycles. The second-order valence-electron chi connectivity index (χ2n) is 6.66. The molecule has 1 aromatic rings. The number of hydrogen-bond acceptors (Lipinski definition) is 4. The number of carbonyl (C=O) groups is 3. The third-order valence-electron chi connectivity index (χ3n) is 4.63. The van der Waals surface area contributed by atoms with Gasteiger partial charge in [0.25, 0.3) is 5.91 Å². The molecule has 1 saturated heterocycles. The van der Waals surface area contributed by atoms with Crippen molar-refractivity contribution >= 4 is 17.8 Å². The number of likely N-dealkylation sites (tertiary alicyclic amines) is 1. The smallest absolute Gasteiger partial charge is 0.323 e. The van der Waals surface area contributed by atoms with Crippen molar-refractivity contribution in [2.75, 3.05) is 19.6 Å². The monoisotopic (exact) mass is 380 g/mol. The Kier molecular flexibility index (Phi) is 7.15. The van der Waals surface area contributed by atoms with E-state index in [1.54, 1.807) is 11.8 Å². The molecule has 27 heavy (non-hydrogen) atoms. The maximum absolute atomic E-state index is 13.0. The van der Waals surface area contributed by atoms with Crippen molar-refractivity contribution in [3.8, 4) is 5.75 Å². The summed E-state index contributed by atoms with van der Waals surface area (Å²) in [4.78, 5) is 38.5. The lowest BCUT2D eigenvalue weighted by Crippen LogP contribution is -2.44. The largest absolute Gasteiger partial charge is 0.481 e. The molecule has 1 N–H and O–H groups in total. The minimum Gasteiger partial charge on any atom is -0.481 e. The summed E-state index contributed by atoms with van der Waals surface area (Å²) in [5.41, 5.74) is 0. The zero-order valence-electron chi connectivity index (χ0n) is 15.6. The Labute approximate surface area is 157 Å². The maximum Gasteiger partial charge on any atom is 0.323 e. The zero-order chi connectivity index (χ0) is 20.0. The molecule has 0 bridgehead atoms. The molecule has 8 heteroatoms. The van der Waals surface area contributed by atoms with Crippen LogP contribution in [0, 0.1) is 5.82 Å². The van der Waals surface area contributed by atoms with Crippen LogP contribution in [0.15, 0.2) is 24.3 Å². The van der Waals surface area contributed by atoms with Crippen LogP contribution in [0.3, 0.4) is 0 Å². The van der Waals surface area contributed by atoms with Gasteiger partial charge in [0.05, 0.1) is 0 Å². The van der Waals surface area contributed by atoms with E-state index in [0.717, 1.165) is 0 Å². The van der Waals surface area contributed by atoms with Gasteiger partial charge in [0.1, 0.15) is 18.1 Å². The molecule has 2 rings (SSSR count). The van der Waals surface area contributed by atoms with E-state index in [2.05, 4.69) is 0 Å². The number of hydrogen-bond donors (Lipinski definition) is 1. The van der Waals surface area contributed by atoms with Crippen molar-refractivity contribution in [2.45, 2.75) is 45.3 Å². The number of halogens is 1. The summed E-state index contributed by atoms with van der Waals surface area (Å²) in [7, 11) is 0. The Morgan fingerprint density at radius 2 is 1.93 bits per heavy atom. The van der Waals surface area contributed by atoms with Gasteiger partial charge in [-0.25, -0.2) is 4.39 Å². The summed E-state index contributed by atoms with van der Waals surface area (Å²) < 4.78 is 18.6. The number of rotatable bonds is 6. The van der Waals surface area contributed by atoms with E-state index in [1.165, 1.54) is 36.1 Å². The summed E-state index contributed by atoms with van der Waals surface area (Å²) in [5.74, 6) is -1.49. The lowest BCUT2D eigenvalue weighted by molar-refractivity contribution is -0.145. The summed E-state index contributed by atoms with van der Waals surface area (Å²) in [6.07, 6.45) is 1.10. The third-order valence-corrected chi connectivity index (χ3v) is 4.63. The Morgan fingerprint density at radius 3 is 2.52 bits per heavy atom. The van der Waals surface area contributed by atoms with Crippen LogP contribution in [0.1, 0.15) is 33.1 Å². The molecule has 1 heterocycles. The minimum absolute atomic E-state index is 0.187. The van der Waals surface area contributed by atoms with E-state index in [0.29, 0.717) is 38.1 Å². The molecule has 0 aromatic heterocycles. The average Bonchev–Trinajstić information content (AvgIpc) is 2.86. The molecule has 1 fully saturated rings. The standard InChI is InChI=1S/C19H25FN2O5/c1-13(27-17-7-5-15(20)6-8-17)19(26)21-10-3-4-16(9-11-21)22(14(2)23)12-18(24)25/h5-8,13,16H,3-4,9-12H2,1-2H3,(H,24,25). The second kappa shape index (κ2) is 9.34. The summed E-state index contributed by atoms with van der Waals surface area (Å²) in [6.45, 7) is 3.60. The quantitative estimate of drug-likeness (QED) is 0.815. The van der Waals surface area contributed by atoms with Crippen molar-refractivity contribution in [1.82, 2.24) is 9.80 Å². The maximum atomic E-state index is 13.0. The number of carbonyl (C=O) groups excluding carboxylic acids is 2. The van der Waals surface area contributed by atoms with Gasteiger partial charge >= 0.3 is 5.97 Å². The van der Waals surface area contributed by atoms with Crippen LogP contribution < -0.4 is 4.74 Å². The van der Waals surface area contributed by atoms with Crippen LogP contribution in [-0.4, -0.2) is 64.5 Å². The fourth-order valence-electron chi connectivity index (χ4n) is 3.28. The van der Waals surface area contributed by atoms with Gasteiger partial charge in [0, 0.05) is 26.1 Å². The molecule has 2 unspecified atom stereocenters. The van der Waals surface area contributed by atoms with Gasteiger partial charge in [-0.15, -0.1) is 0 Å². The van der Waals surface area contributed by atoms with Gasteiger partial charge < -0.3 is 19.6 Å². The summed E-state index contributed by atoms with van der Waals surface area (Å²) in [5, 5.41) is 9.01. The van der Waals surface area contributed by atoms with Gasteiger partial charge in [0.2, 0.25) is 5.91 Å². The fourth-order valence-corrected chi connectivity index (χ4v) is 3.28. The number of benzene rings is 1. The van der Waals surface area contributed by atoms with Crippen molar-refractivity contribution in [3.05, 3.63) is 30.1 Å². The van der Waals surface area contributed by atoms with E-state index >= 15 is 0 Å². The van der Waals surface area contributed by atoms with E-state index in [4.69, 9.17) is 9.84 Å². The first-order valence-electron chi connectivity index (χ1n) is 8.98. The highest BCUT2D eigenvalue weighted by molar-refractivity contribution is 5.81. The topological polar surface area (TPSA) is 87.2 Å². The Morgan fingerprint density at radius 1 is 1.26 bits per heavy atom. The van der Waals surface area contributed by atoms with Gasteiger partial charge in [-0.1, -0.05) is 0 Å². The van der Waals surface area contributed by atoms with Gasteiger partial charge in [0.15, 0.2) is 6.10 Å². The molecule has 148 valence electrons. The van der Waals surface area contributed by atoms with Gasteiger partial charge in [-0.2, -0.15) is 0 Å². The van der Waals surface area contributed by atoms with Crippen molar-refractivity contribution in [3.63, 3.8) is 0 Å². The highest BCUT2D eigenvalue weighted by Gasteiger charge is 2.29. The number of nitrogens with zero attached hydrogens (tertiary/aromatic N) is 2. The molecule has 0 aliphatic carbocycles. The first kappa shape index (κ1) is 20.7. The summed E-state index contributed by atoms with van der Waals surface area (Å²) >= 11 is 0. The number of ether oxygens (including phenoxy) is 1. The molecule has 1 aromatic carbocycles. The van der Waals surface area contributed by atoms with E-state index < -0.39 is 12.1 Å². The SMILES string of the molecule is CC(=O)N(CC(=O)O)C1CCCN(C(=O)C(C)Oc2ccc(F)cc2)CC1. The van der Waals surface area contributed by atoms with Gasteiger partial charge in [-0.3, -0.25) is 14.4 Å². The predicted molar refractivity (Wildman–Crippen MR) is 95.7 cm³/mol. The van der Waals surface area contributed by atoms with Crippen LogP contribution in [0.4, 0.5) is 4.39 Å². The predicted octanol–water partition coefficient (Wildman–Crippen LogP) is 1.91. The molecule has 1 aliphatic heterocycles. The molecule has 2 amide bonds. The molecular weight excluding hydrogens is 355 g/mol. The molecule has 0 spiro atoms. The molecule has 1 aliphatic rings.